The van der Waals surface area contributed by atoms with Gasteiger partial charge >= 0.3 is 0 Å². The quantitative estimate of drug-likeness (QED) is 0.121. The topological polar surface area (TPSA) is 51.6 Å². The molecule has 2 aliphatic heterocycles. The molecule has 8 aromatic carbocycles. The molecular formula is C72H54N4Si2. The van der Waals surface area contributed by atoms with Gasteiger partial charge in [-0.3, -0.25) is 19.9 Å². The summed E-state index contributed by atoms with van der Waals surface area (Å²) in [4.78, 5) is 22.5. The van der Waals surface area contributed by atoms with Crippen LogP contribution >= 0.6 is 0 Å². The van der Waals surface area contributed by atoms with Crippen LogP contribution in [0.4, 0.5) is 0 Å². The molecule has 2 aliphatic rings. The van der Waals surface area contributed by atoms with Crippen molar-refractivity contribution in [3.8, 4) is 0 Å². The van der Waals surface area contributed by atoms with Crippen LogP contribution in [0.25, 0.3) is 65.4 Å². The van der Waals surface area contributed by atoms with E-state index in [9.17, 15) is 0 Å². The van der Waals surface area contributed by atoms with Crippen molar-refractivity contribution in [2.45, 2.75) is 36.0 Å². The van der Waals surface area contributed by atoms with E-state index in [2.05, 4.69) is 268 Å². The summed E-state index contributed by atoms with van der Waals surface area (Å²) in [6.45, 7) is 5.17. The second-order valence-electron chi connectivity index (χ2n) is 20.8. The minimum atomic E-state index is -1.79. The first-order valence-corrected chi connectivity index (χ1v) is 31.1. The molecule has 0 saturated heterocycles. The molecule has 4 nitrogen and oxygen atoms in total. The summed E-state index contributed by atoms with van der Waals surface area (Å²) in [6, 6.07) is 89.1. The Kier molecular flexibility index (Phi) is 11.9. The highest BCUT2D eigenvalue weighted by Gasteiger charge is 2.55. The fourth-order valence-corrected chi connectivity index (χ4v) is 20.3. The molecule has 0 bridgehead atoms. The lowest BCUT2D eigenvalue weighted by molar-refractivity contribution is 0.555. The van der Waals surface area contributed by atoms with E-state index in [1.807, 2.05) is 12.4 Å². The number of pyridine rings is 4. The Morgan fingerprint density at radius 2 is 0.577 bits per heavy atom. The van der Waals surface area contributed by atoms with Gasteiger partial charge in [-0.2, -0.15) is 0 Å². The first-order valence-electron chi connectivity index (χ1n) is 27.1. The third-order valence-electron chi connectivity index (χ3n) is 17.0. The summed E-state index contributed by atoms with van der Waals surface area (Å²) in [7, 11) is -3.59. The Balaban J connectivity index is 1.17. The van der Waals surface area contributed by atoms with Gasteiger partial charge in [0.05, 0.1) is 22.8 Å². The highest BCUT2D eigenvalue weighted by atomic mass is 28.2. The number of fused-ring (bicyclic) bond motifs is 4. The summed E-state index contributed by atoms with van der Waals surface area (Å²) >= 11 is 0. The van der Waals surface area contributed by atoms with Crippen LogP contribution in [-0.2, 0) is 10.1 Å². The first kappa shape index (κ1) is 47.5. The highest BCUT2D eigenvalue weighted by Crippen LogP contribution is 2.59. The van der Waals surface area contributed by atoms with Crippen molar-refractivity contribution >= 4 is 92.5 Å². The first-order chi connectivity index (χ1) is 38.6. The predicted molar refractivity (Wildman–Crippen MR) is 330 cm³/mol. The van der Waals surface area contributed by atoms with E-state index in [1.165, 1.54) is 87.2 Å². The molecular weight excluding hydrogens is 977 g/mol. The normalized spacial score (nSPS) is 17.6. The van der Waals surface area contributed by atoms with Gasteiger partial charge in [0.25, 0.3) is 0 Å². The zero-order valence-corrected chi connectivity index (χ0v) is 45.6. The molecule has 370 valence electrons. The summed E-state index contributed by atoms with van der Waals surface area (Å²) < 4.78 is 0. The summed E-state index contributed by atoms with van der Waals surface area (Å²) in [5.41, 5.74) is 14.3. The van der Waals surface area contributed by atoms with E-state index in [-0.39, 0.29) is 0 Å². The summed E-state index contributed by atoms with van der Waals surface area (Å²) in [5.74, 6) is 0. The van der Waals surface area contributed by atoms with Crippen LogP contribution in [0.1, 0.15) is 57.9 Å². The smallest absolute Gasteiger partial charge is 0.0738 e. The van der Waals surface area contributed by atoms with Crippen LogP contribution in [0.3, 0.4) is 0 Å². The molecule has 0 spiro atoms. The Bertz CT molecular complexity index is 4150. The minimum absolute atomic E-state index is 0.638. The molecule has 6 heteroatoms. The summed E-state index contributed by atoms with van der Waals surface area (Å²) in [5, 5.41) is 10.8. The third-order valence-corrected chi connectivity index (χ3v) is 23.5. The van der Waals surface area contributed by atoms with E-state index in [4.69, 9.17) is 19.9 Å². The number of hydrogen-bond donors (Lipinski definition) is 0. The molecule has 12 aromatic rings. The Labute approximate surface area is 458 Å². The van der Waals surface area contributed by atoms with Crippen molar-refractivity contribution < 1.29 is 0 Å². The van der Waals surface area contributed by atoms with Crippen molar-refractivity contribution in [2.75, 3.05) is 0 Å². The number of rotatable bonds is 11. The Morgan fingerprint density at radius 3 is 0.936 bits per heavy atom. The molecule has 0 fully saturated rings. The third kappa shape index (κ3) is 7.46. The van der Waals surface area contributed by atoms with Crippen LogP contribution in [0.15, 0.2) is 267 Å². The van der Waals surface area contributed by atoms with E-state index < -0.39 is 26.9 Å². The molecule has 0 amide bonds. The van der Waals surface area contributed by atoms with Crippen LogP contribution in [0, 0.1) is 0 Å². The van der Waals surface area contributed by atoms with E-state index in [0.717, 1.165) is 46.4 Å². The van der Waals surface area contributed by atoms with Crippen molar-refractivity contribution in [1.82, 2.24) is 19.9 Å². The van der Waals surface area contributed by atoms with Crippen LogP contribution < -0.4 is 0 Å². The Hall–Kier alpha value is -8.95. The van der Waals surface area contributed by atoms with Gasteiger partial charge in [-0.25, -0.2) is 0 Å². The van der Waals surface area contributed by atoms with Crippen LogP contribution in [0.2, 0.25) is 13.1 Å². The van der Waals surface area contributed by atoms with Crippen molar-refractivity contribution in [3.63, 3.8) is 0 Å². The lowest BCUT2D eigenvalue weighted by atomic mass is 9.73. The van der Waals surface area contributed by atoms with Gasteiger partial charge in [-0.15, -0.1) is 0 Å². The standard InChI is InChI=1S/C72H54N4Si2/c1-77-67(65-57-35-19-15-23-49(57)39-45-73-65)61(53-27-7-3-8-28-53)63(55-31-11-5-12-32-55)71(77,69-59-37-21-17-25-51(59)41-47-75-69)43-44-72(70-60-38-22-18-26-52(60)42-48-76-70)64(56-33-13-6-14-34-56)62(54-29-9-4-10-30-54)68(78(72)2)66-58-36-20-16-24-50(58)40-46-74-66/h3-42,45-48H,43-44H2,1-2H3. The fourth-order valence-electron chi connectivity index (χ4n) is 13.6. The second-order valence-corrected chi connectivity index (χ2v) is 26.0. The van der Waals surface area contributed by atoms with Crippen LogP contribution in [-0.4, -0.2) is 47.1 Å². The molecule has 0 aliphatic carbocycles. The monoisotopic (exact) mass is 1030 g/mol. The minimum Gasteiger partial charge on any atom is -0.260 e. The maximum absolute atomic E-state index is 5.77. The zero-order valence-electron chi connectivity index (χ0n) is 43.6. The highest BCUT2D eigenvalue weighted by molar-refractivity contribution is 6.89. The lowest BCUT2D eigenvalue weighted by Crippen LogP contribution is -2.44. The second kappa shape index (κ2) is 19.6. The van der Waals surface area contributed by atoms with Gasteiger partial charge in [-0.05, 0) is 114 Å². The fraction of sp³-hybridized carbons (Fsp3) is 0.0833. The van der Waals surface area contributed by atoms with Crippen molar-refractivity contribution in [3.05, 3.63) is 312 Å². The van der Waals surface area contributed by atoms with Gasteiger partial charge in [0.2, 0.25) is 0 Å². The maximum atomic E-state index is 5.77. The van der Waals surface area contributed by atoms with Crippen LogP contribution in [0.5, 0.6) is 0 Å². The number of allylic oxidation sites excluding steroid dienone is 4. The average Bonchev–Trinajstić information content (AvgIpc) is 3.89. The van der Waals surface area contributed by atoms with E-state index >= 15 is 0 Å². The number of hydrogen-bond acceptors (Lipinski definition) is 4. The van der Waals surface area contributed by atoms with Gasteiger partial charge in [0.15, 0.2) is 0 Å². The number of nitrogens with zero attached hydrogens (tertiary/aromatic N) is 4. The van der Waals surface area contributed by atoms with Crippen molar-refractivity contribution in [2.24, 2.45) is 0 Å². The SMILES string of the molecule is C[Si]1=C(c2nccc3ccccc23)C(c2ccccc2)=C(c2ccccc2)C1(CCC1(c2nccc3ccccc23)C(c2ccccc2)=C(c2ccccc2)C(c2nccc3ccccc23)=[Si]1C)c1nccc2ccccc12. The molecule has 2 atom stereocenters. The number of aromatic nitrogens is 4. The van der Waals surface area contributed by atoms with E-state index in [0.29, 0.717) is 0 Å². The predicted octanol–water partition coefficient (Wildman–Crippen LogP) is 16.0. The maximum Gasteiger partial charge on any atom is 0.0738 e. The molecule has 6 heterocycles. The van der Waals surface area contributed by atoms with Crippen molar-refractivity contribution in [1.29, 1.82) is 0 Å². The largest absolute Gasteiger partial charge is 0.260 e. The molecule has 4 aromatic heterocycles. The van der Waals surface area contributed by atoms with Gasteiger partial charge < -0.3 is 0 Å². The summed E-state index contributed by atoms with van der Waals surface area (Å²) in [6.07, 6.45) is 9.70. The zero-order chi connectivity index (χ0) is 52.2. The molecule has 0 saturated carbocycles. The lowest BCUT2D eigenvalue weighted by Gasteiger charge is -2.41. The molecule has 0 radical (unpaired) electrons. The Morgan fingerprint density at radius 1 is 0.295 bits per heavy atom. The van der Waals surface area contributed by atoms with Gasteiger partial charge in [0.1, 0.15) is 0 Å². The molecule has 2 unspecified atom stereocenters. The van der Waals surface area contributed by atoms with E-state index in [1.54, 1.807) is 0 Å². The van der Waals surface area contributed by atoms with Gasteiger partial charge in [-0.1, -0.05) is 231 Å². The molecule has 14 rings (SSSR count). The molecule has 78 heavy (non-hydrogen) atoms. The molecule has 0 N–H and O–H groups in total. The number of benzene rings is 8. The van der Waals surface area contributed by atoms with Gasteiger partial charge in [0, 0.05) is 73.2 Å². The average molecular weight is 1030 g/mol.